The molecule has 0 aliphatic carbocycles. The van der Waals surface area contributed by atoms with Crippen molar-refractivity contribution in [3.8, 4) is 0 Å². The van der Waals surface area contributed by atoms with Gasteiger partial charge in [0.15, 0.2) is 18.3 Å². The zero-order valence-electron chi connectivity index (χ0n) is 22.6. The van der Waals surface area contributed by atoms with Crippen LogP contribution in [0.4, 0.5) is 0 Å². The van der Waals surface area contributed by atoms with Gasteiger partial charge in [0.2, 0.25) is 12.6 Å². The van der Waals surface area contributed by atoms with Crippen molar-refractivity contribution in [2.75, 3.05) is 20.3 Å². The van der Waals surface area contributed by atoms with Crippen LogP contribution in [0.25, 0.3) is 0 Å². The highest BCUT2D eigenvalue weighted by Gasteiger charge is 2.56. The molecule has 3 aliphatic rings. The number of hydrogen-bond acceptors (Lipinski definition) is 15. The summed E-state index contributed by atoms with van der Waals surface area (Å²) in [5.74, 6) is -5.20. The van der Waals surface area contributed by atoms with Crippen molar-refractivity contribution in [1.82, 2.24) is 0 Å². The Hall–Kier alpha value is -3.56. The summed E-state index contributed by atoms with van der Waals surface area (Å²) < 4.78 is 49.3. The van der Waals surface area contributed by atoms with Crippen LogP contribution in [0, 0.1) is 11.8 Å². The van der Waals surface area contributed by atoms with E-state index in [1.807, 2.05) is 0 Å². The molecular formula is C25H32O15. The van der Waals surface area contributed by atoms with Gasteiger partial charge in [-0.05, 0) is 0 Å². The van der Waals surface area contributed by atoms with Crippen LogP contribution in [0.3, 0.4) is 0 Å². The predicted octanol–water partition coefficient (Wildman–Crippen LogP) is -0.280. The summed E-state index contributed by atoms with van der Waals surface area (Å²) in [6.45, 7) is 4.28. The van der Waals surface area contributed by atoms with Gasteiger partial charge in [0, 0.05) is 40.0 Å². The van der Waals surface area contributed by atoms with Gasteiger partial charge in [0.25, 0.3) is 0 Å². The topological polar surface area (TPSA) is 189 Å². The average Bonchev–Trinajstić information content (AvgIpc) is 3.70. The number of epoxide rings is 1. The Kier molecular flexibility index (Phi) is 10.6. The molecule has 0 aromatic rings. The summed E-state index contributed by atoms with van der Waals surface area (Å²) in [6, 6.07) is 0. The molecule has 3 rings (SSSR count). The third kappa shape index (κ3) is 7.76. The molecule has 3 aliphatic heterocycles. The van der Waals surface area contributed by atoms with E-state index in [1.54, 1.807) is 0 Å². The van der Waals surface area contributed by atoms with Gasteiger partial charge in [-0.2, -0.15) is 0 Å². The second-order valence-electron chi connectivity index (χ2n) is 9.23. The molecule has 15 heteroatoms. The first-order valence-corrected chi connectivity index (χ1v) is 12.4. The third-order valence-corrected chi connectivity index (χ3v) is 6.28. The third-order valence-electron chi connectivity index (χ3n) is 6.28. The quantitative estimate of drug-likeness (QED) is 0.136. The minimum absolute atomic E-state index is 0.0900. The second-order valence-corrected chi connectivity index (χ2v) is 9.23. The van der Waals surface area contributed by atoms with Gasteiger partial charge in [-0.15, -0.1) is 0 Å². The highest BCUT2D eigenvalue weighted by atomic mass is 16.8. The number of carbonyl (C=O) groups is 6. The molecule has 15 nitrogen and oxygen atoms in total. The lowest BCUT2D eigenvalue weighted by Gasteiger charge is -2.46. The van der Waals surface area contributed by atoms with E-state index in [0.29, 0.717) is 6.29 Å². The minimum Gasteiger partial charge on any atom is -0.471 e. The first kappa shape index (κ1) is 31.0. The van der Waals surface area contributed by atoms with Gasteiger partial charge < -0.3 is 47.4 Å². The Labute approximate surface area is 229 Å². The van der Waals surface area contributed by atoms with Gasteiger partial charge in [-0.25, -0.2) is 4.79 Å². The Balaban J connectivity index is 2.00. The number of methoxy groups -OCH3 is 1. The molecule has 0 radical (unpaired) electrons. The van der Waals surface area contributed by atoms with Gasteiger partial charge in [-0.3, -0.25) is 19.2 Å². The first-order chi connectivity index (χ1) is 19.0. The van der Waals surface area contributed by atoms with E-state index in [4.69, 9.17) is 42.6 Å². The fourth-order valence-corrected chi connectivity index (χ4v) is 4.69. The number of carbonyl (C=O) groups excluding carboxylic acids is 6. The molecule has 0 amide bonds. The molecule has 0 spiro atoms. The molecule has 3 heterocycles. The molecule has 222 valence electrons. The highest BCUT2D eigenvalue weighted by molar-refractivity contribution is 5.89. The van der Waals surface area contributed by atoms with Crippen molar-refractivity contribution >= 4 is 36.1 Å². The Morgan fingerprint density at radius 2 is 1.50 bits per heavy atom. The zero-order chi connectivity index (χ0) is 29.6. The molecule has 0 N–H and O–H groups in total. The minimum atomic E-state index is -1.53. The zero-order valence-corrected chi connectivity index (χ0v) is 22.6. The van der Waals surface area contributed by atoms with Crippen LogP contribution < -0.4 is 0 Å². The lowest BCUT2D eigenvalue weighted by Crippen LogP contribution is -2.63. The molecule has 0 unspecified atom stereocenters. The molecule has 2 saturated heterocycles. The van der Waals surface area contributed by atoms with E-state index in [0.717, 1.165) is 34.0 Å². The summed E-state index contributed by atoms with van der Waals surface area (Å²) >= 11 is 0. The Bertz CT molecular complexity index is 1020. The highest BCUT2D eigenvalue weighted by Crippen LogP contribution is 2.42. The summed E-state index contributed by atoms with van der Waals surface area (Å²) in [6.07, 6.45) is -7.10. The fourth-order valence-electron chi connectivity index (χ4n) is 4.69. The molecule has 0 bridgehead atoms. The summed E-state index contributed by atoms with van der Waals surface area (Å²) in [5, 5.41) is 0. The first-order valence-electron chi connectivity index (χ1n) is 12.4. The van der Waals surface area contributed by atoms with E-state index in [9.17, 15) is 28.8 Å². The molecule has 2 fully saturated rings. The predicted molar refractivity (Wildman–Crippen MR) is 125 cm³/mol. The van der Waals surface area contributed by atoms with Crippen molar-refractivity contribution in [2.24, 2.45) is 11.8 Å². The smallest absolute Gasteiger partial charge is 0.337 e. The Morgan fingerprint density at radius 1 is 0.900 bits per heavy atom. The maximum absolute atomic E-state index is 12.4. The summed E-state index contributed by atoms with van der Waals surface area (Å²) in [5.41, 5.74) is 0.0940. The molecular weight excluding hydrogens is 540 g/mol. The van der Waals surface area contributed by atoms with Crippen LogP contribution in [0.1, 0.15) is 34.1 Å². The van der Waals surface area contributed by atoms with Crippen molar-refractivity contribution in [2.45, 2.75) is 77.2 Å². The number of ether oxygens (including phenoxy) is 9. The largest absolute Gasteiger partial charge is 0.471 e. The van der Waals surface area contributed by atoms with Crippen LogP contribution in [-0.2, 0) is 71.4 Å². The van der Waals surface area contributed by atoms with E-state index >= 15 is 0 Å². The van der Waals surface area contributed by atoms with E-state index in [2.05, 4.69) is 0 Å². The van der Waals surface area contributed by atoms with Crippen molar-refractivity contribution in [3.05, 3.63) is 11.8 Å². The second kappa shape index (κ2) is 13.7. The van der Waals surface area contributed by atoms with Gasteiger partial charge >= 0.3 is 29.8 Å². The summed E-state index contributed by atoms with van der Waals surface area (Å²) in [7, 11) is 1.18. The standard InChI is InChI=1S/C25H32O15/c1-11(27)33-10-18-20(36-12(2)28)21(37-13(3)29)22(38-14(4)30)25(39-18)40-24-19(17-9-34-17)15(6-7-26)16(8-35-24)23(31)32-5/h7-8,15,17-22,24-25H,6,9-10H2,1-5H3/t15-,17-,18-,19+,20-,21+,22-,24+,25+/m1/s1. The molecule has 0 aromatic carbocycles. The number of rotatable bonds is 11. The molecule has 0 aromatic heterocycles. The van der Waals surface area contributed by atoms with Gasteiger partial charge in [0.1, 0.15) is 19.0 Å². The van der Waals surface area contributed by atoms with Gasteiger partial charge in [0.05, 0.1) is 37.6 Å². The Morgan fingerprint density at radius 3 is 2.02 bits per heavy atom. The van der Waals surface area contributed by atoms with Crippen LogP contribution >= 0.6 is 0 Å². The lowest BCUT2D eigenvalue weighted by atomic mass is 9.80. The van der Waals surface area contributed by atoms with E-state index in [1.165, 1.54) is 7.11 Å². The van der Waals surface area contributed by atoms with Crippen LogP contribution in [0.5, 0.6) is 0 Å². The molecule has 9 atom stereocenters. The maximum Gasteiger partial charge on any atom is 0.337 e. The van der Waals surface area contributed by atoms with Crippen LogP contribution in [0.15, 0.2) is 11.8 Å². The average molecular weight is 573 g/mol. The molecule has 0 saturated carbocycles. The molecule has 40 heavy (non-hydrogen) atoms. The van der Waals surface area contributed by atoms with Crippen LogP contribution in [-0.4, -0.2) is 99.6 Å². The van der Waals surface area contributed by atoms with E-state index < -0.39 is 91.4 Å². The van der Waals surface area contributed by atoms with Gasteiger partial charge in [-0.1, -0.05) is 0 Å². The van der Waals surface area contributed by atoms with Crippen molar-refractivity contribution in [3.63, 3.8) is 0 Å². The van der Waals surface area contributed by atoms with Crippen LogP contribution in [0.2, 0.25) is 0 Å². The number of aldehydes is 1. The monoisotopic (exact) mass is 572 g/mol. The van der Waals surface area contributed by atoms with E-state index in [-0.39, 0.29) is 18.6 Å². The fraction of sp³-hybridized carbons (Fsp3) is 0.680. The number of hydrogen-bond donors (Lipinski definition) is 0. The summed E-state index contributed by atoms with van der Waals surface area (Å²) in [4.78, 5) is 71.5. The number of esters is 5. The lowest BCUT2D eigenvalue weighted by molar-refractivity contribution is -0.344. The SMILES string of the molecule is COC(=O)C1=CO[C@@H](O[C@@H]2O[C@H](COC(C)=O)[C@@H](OC(C)=O)[C@H](OC(C)=O)[C@H]2OC(C)=O)[C@H]([C@H]2CO2)[C@@H]1CC=O. The normalized spacial score (nSPS) is 32.8. The van der Waals surface area contributed by atoms with Crippen molar-refractivity contribution in [1.29, 1.82) is 0 Å². The van der Waals surface area contributed by atoms with Crippen molar-refractivity contribution < 1.29 is 71.4 Å². The maximum atomic E-state index is 12.4.